The smallest absolute Gasteiger partial charge is 0.254 e. The van der Waals surface area contributed by atoms with Gasteiger partial charge in [-0.1, -0.05) is 13.3 Å². The molecule has 0 aromatic carbocycles. The van der Waals surface area contributed by atoms with Crippen molar-refractivity contribution >= 4 is 21.7 Å². The van der Waals surface area contributed by atoms with E-state index in [1.54, 1.807) is 0 Å². The molecule has 0 bridgehead atoms. The van der Waals surface area contributed by atoms with Crippen LogP contribution in [0.15, 0.2) is 12.4 Å². The average molecular weight is 326 g/mol. The molecule has 1 fully saturated rings. The number of carbonyl (C=O) groups excluding carboxylic acids is 1. The maximum Gasteiger partial charge on any atom is 0.254 e. The standard InChI is InChI=1S/C14H22N4O3S/c1-3-4-6-18(2)14-15-8-11(9-16-14)13(19)17-12-5-7-22(20,21)10-12/h8-9,12H,3-7,10H2,1-2H3,(H,17,19). The summed E-state index contributed by atoms with van der Waals surface area (Å²) in [6, 6.07) is -0.315. The summed E-state index contributed by atoms with van der Waals surface area (Å²) in [4.78, 5) is 22.4. The minimum atomic E-state index is -3.00. The van der Waals surface area contributed by atoms with Gasteiger partial charge in [-0.15, -0.1) is 0 Å². The quantitative estimate of drug-likeness (QED) is 0.824. The van der Waals surface area contributed by atoms with E-state index in [1.165, 1.54) is 12.4 Å². The summed E-state index contributed by atoms with van der Waals surface area (Å²) < 4.78 is 22.8. The highest BCUT2D eigenvalue weighted by Crippen LogP contribution is 2.12. The number of hydrogen-bond donors (Lipinski definition) is 1. The van der Waals surface area contributed by atoms with Crippen LogP contribution in [0, 0.1) is 0 Å². The van der Waals surface area contributed by atoms with Crippen LogP contribution in [0.4, 0.5) is 5.95 Å². The van der Waals surface area contributed by atoms with Crippen LogP contribution < -0.4 is 10.2 Å². The molecule has 1 atom stereocenters. The molecule has 1 amide bonds. The number of carbonyl (C=O) groups is 1. The number of anilines is 1. The zero-order valence-corrected chi connectivity index (χ0v) is 13.8. The van der Waals surface area contributed by atoms with Crippen molar-refractivity contribution in [2.75, 3.05) is 30.0 Å². The number of aromatic nitrogens is 2. The highest BCUT2D eigenvalue weighted by molar-refractivity contribution is 7.91. The van der Waals surface area contributed by atoms with Crippen molar-refractivity contribution in [2.24, 2.45) is 0 Å². The molecule has 1 aliphatic rings. The molecule has 0 spiro atoms. The summed E-state index contributed by atoms with van der Waals surface area (Å²) >= 11 is 0. The third-order valence-corrected chi connectivity index (χ3v) is 5.42. The summed E-state index contributed by atoms with van der Waals surface area (Å²) in [7, 11) is -1.09. The Labute approximate surface area is 131 Å². The molecule has 2 heterocycles. The second kappa shape index (κ2) is 7.04. The Morgan fingerprint density at radius 1 is 1.41 bits per heavy atom. The predicted molar refractivity (Wildman–Crippen MR) is 84.7 cm³/mol. The van der Waals surface area contributed by atoms with Crippen LogP contribution in [-0.4, -0.2) is 55.4 Å². The van der Waals surface area contributed by atoms with Gasteiger partial charge in [0.05, 0.1) is 17.1 Å². The van der Waals surface area contributed by atoms with Gasteiger partial charge in [0.15, 0.2) is 9.84 Å². The Bertz CT molecular complexity index is 615. The Kier molecular flexibility index (Phi) is 5.33. The third kappa shape index (κ3) is 4.40. The average Bonchev–Trinajstić information content (AvgIpc) is 2.83. The Hall–Kier alpha value is -1.70. The molecule has 1 N–H and O–H groups in total. The van der Waals surface area contributed by atoms with Gasteiger partial charge in [-0.25, -0.2) is 18.4 Å². The first kappa shape index (κ1) is 16.7. The van der Waals surface area contributed by atoms with E-state index in [0.29, 0.717) is 17.9 Å². The third-order valence-electron chi connectivity index (χ3n) is 3.66. The molecule has 1 aromatic heterocycles. The van der Waals surface area contributed by atoms with Crippen molar-refractivity contribution < 1.29 is 13.2 Å². The van der Waals surface area contributed by atoms with Crippen LogP contribution in [-0.2, 0) is 9.84 Å². The lowest BCUT2D eigenvalue weighted by Gasteiger charge is -2.16. The molecule has 1 unspecified atom stereocenters. The van der Waals surface area contributed by atoms with Gasteiger partial charge in [0.1, 0.15) is 0 Å². The molecule has 1 saturated heterocycles. The van der Waals surface area contributed by atoms with Crippen LogP contribution in [0.1, 0.15) is 36.5 Å². The number of sulfone groups is 1. The summed E-state index contributed by atoms with van der Waals surface area (Å²) in [5, 5.41) is 2.72. The SMILES string of the molecule is CCCCN(C)c1ncc(C(=O)NC2CCS(=O)(=O)C2)cn1. The Morgan fingerprint density at radius 2 is 2.09 bits per heavy atom. The van der Waals surface area contributed by atoms with E-state index in [-0.39, 0.29) is 23.5 Å². The zero-order valence-electron chi connectivity index (χ0n) is 12.9. The van der Waals surface area contributed by atoms with Crippen LogP contribution in [0.5, 0.6) is 0 Å². The number of hydrogen-bond acceptors (Lipinski definition) is 6. The number of unbranched alkanes of at least 4 members (excludes halogenated alkanes) is 1. The first-order valence-electron chi connectivity index (χ1n) is 7.46. The van der Waals surface area contributed by atoms with E-state index < -0.39 is 9.84 Å². The van der Waals surface area contributed by atoms with Crippen molar-refractivity contribution in [2.45, 2.75) is 32.2 Å². The van der Waals surface area contributed by atoms with Crippen LogP contribution >= 0.6 is 0 Å². The highest BCUT2D eigenvalue weighted by atomic mass is 32.2. The summed E-state index contributed by atoms with van der Waals surface area (Å²) in [6.07, 6.45) is 5.56. The predicted octanol–water partition coefficient (Wildman–Crippen LogP) is 0.630. The van der Waals surface area contributed by atoms with E-state index in [1.807, 2.05) is 11.9 Å². The molecule has 0 saturated carbocycles. The van der Waals surface area contributed by atoms with Crippen LogP contribution in [0.25, 0.3) is 0 Å². The van der Waals surface area contributed by atoms with Gasteiger partial charge >= 0.3 is 0 Å². The first-order chi connectivity index (χ1) is 10.4. The molecule has 1 aromatic rings. The molecule has 8 heteroatoms. The second-order valence-corrected chi connectivity index (χ2v) is 7.85. The van der Waals surface area contributed by atoms with Crippen molar-refractivity contribution in [1.82, 2.24) is 15.3 Å². The summed E-state index contributed by atoms with van der Waals surface area (Å²) in [5.41, 5.74) is 0.344. The van der Waals surface area contributed by atoms with E-state index in [0.717, 1.165) is 19.4 Å². The largest absolute Gasteiger partial charge is 0.348 e. The maximum atomic E-state index is 12.1. The molecule has 122 valence electrons. The molecule has 2 rings (SSSR count). The van der Waals surface area contributed by atoms with Crippen molar-refractivity contribution in [3.05, 3.63) is 18.0 Å². The molecule has 22 heavy (non-hydrogen) atoms. The lowest BCUT2D eigenvalue weighted by molar-refractivity contribution is 0.0940. The zero-order chi connectivity index (χ0) is 16.2. The van der Waals surface area contributed by atoms with Gasteiger partial charge < -0.3 is 10.2 Å². The van der Waals surface area contributed by atoms with Gasteiger partial charge in [-0.05, 0) is 12.8 Å². The van der Waals surface area contributed by atoms with Crippen LogP contribution in [0.2, 0.25) is 0 Å². The lowest BCUT2D eigenvalue weighted by Crippen LogP contribution is -2.35. The minimum Gasteiger partial charge on any atom is -0.348 e. The second-order valence-electron chi connectivity index (χ2n) is 5.62. The maximum absolute atomic E-state index is 12.1. The Morgan fingerprint density at radius 3 is 2.64 bits per heavy atom. The number of amides is 1. The van der Waals surface area contributed by atoms with Crippen LogP contribution in [0.3, 0.4) is 0 Å². The van der Waals surface area contributed by atoms with Crippen molar-refractivity contribution in [3.63, 3.8) is 0 Å². The summed E-state index contributed by atoms with van der Waals surface area (Å²) in [5.74, 6) is 0.394. The van der Waals surface area contributed by atoms with Gasteiger partial charge in [0.25, 0.3) is 5.91 Å². The fourth-order valence-electron chi connectivity index (χ4n) is 2.31. The minimum absolute atomic E-state index is 0.0113. The summed E-state index contributed by atoms with van der Waals surface area (Å²) in [6.45, 7) is 2.98. The number of nitrogens with one attached hydrogen (secondary N) is 1. The molecule has 0 aliphatic carbocycles. The van der Waals surface area contributed by atoms with E-state index in [2.05, 4.69) is 22.2 Å². The number of nitrogens with zero attached hydrogens (tertiary/aromatic N) is 3. The van der Waals surface area contributed by atoms with Crippen molar-refractivity contribution in [3.8, 4) is 0 Å². The van der Waals surface area contributed by atoms with Gasteiger partial charge in [-0.3, -0.25) is 4.79 Å². The molecular weight excluding hydrogens is 304 g/mol. The van der Waals surface area contributed by atoms with E-state index >= 15 is 0 Å². The Balaban J connectivity index is 1.94. The van der Waals surface area contributed by atoms with Crippen molar-refractivity contribution in [1.29, 1.82) is 0 Å². The van der Waals surface area contributed by atoms with E-state index in [4.69, 9.17) is 0 Å². The van der Waals surface area contributed by atoms with Gasteiger partial charge in [0, 0.05) is 32.0 Å². The highest BCUT2D eigenvalue weighted by Gasteiger charge is 2.29. The van der Waals surface area contributed by atoms with E-state index in [9.17, 15) is 13.2 Å². The molecule has 1 aliphatic heterocycles. The fraction of sp³-hybridized carbons (Fsp3) is 0.643. The fourth-order valence-corrected chi connectivity index (χ4v) is 3.98. The van der Waals surface area contributed by atoms with Gasteiger partial charge in [0.2, 0.25) is 5.95 Å². The lowest BCUT2D eigenvalue weighted by atomic mass is 10.2. The monoisotopic (exact) mass is 326 g/mol. The normalized spacial score (nSPS) is 19.8. The molecular formula is C14H22N4O3S. The number of rotatable bonds is 6. The first-order valence-corrected chi connectivity index (χ1v) is 9.28. The van der Waals surface area contributed by atoms with Gasteiger partial charge in [-0.2, -0.15) is 0 Å². The molecule has 7 nitrogen and oxygen atoms in total. The molecule has 0 radical (unpaired) electrons. The topological polar surface area (TPSA) is 92.3 Å².